The van der Waals surface area contributed by atoms with Crippen LogP contribution in [0.4, 0.5) is 17.1 Å². The maximum absolute atomic E-state index is 12.5. The normalized spacial score (nSPS) is 15.7. The Hall–Kier alpha value is -3.15. The zero-order valence-electron chi connectivity index (χ0n) is 14.8. The van der Waals surface area contributed by atoms with E-state index < -0.39 is 0 Å². The highest BCUT2D eigenvalue weighted by Gasteiger charge is 2.30. The van der Waals surface area contributed by atoms with E-state index in [1.54, 1.807) is 48.5 Å². The first kappa shape index (κ1) is 17.3. The van der Waals surface area contributed by atoms with Crippen molar-refractivity contribution in [3.63, 3.8) is 0 Å². The average Bonchev–Trinajstić information content (AvgIpc) is 3.56. The first-order chi connectivity index (χ1) is 13.1. The van der Waals surface area contributed by atoms with Gasteiger partial charge in [-0.1, -0.05) is 6.07 Å². The molecular formula is C21H21N3O3. The van der Waals surface area contributed by atoms with Gasteiger partial charge in [0.2, 0.25) is 11.8 Å². The molecule has 6 heteroatoms. The van der Waals surface area contributed by atoms with Gasteiger partial charge in [-0.05, 0) is 68.1 Å². The topological polar surface area (TPSA) is 87.3 Å². The number of hydrogen-bond donors (Lipinski definition) is 3. The fourth-order valence-corrected chi connectivity index (χ4v) is 2.76. The number of anilines is 3. The van der Waals surface area contributed by atoms with Crippen molar-refractivity contribution in [1.82, 2.24) is 0 Å². The standard InChI is InChI=1S/C21H21N3O3/c25-19(13-4-5-13)22-16-8-10-17(11-9-16)23-21(27)15-2-1-3-18(12-15)24-20(26)14-6-7-14/h1-3,8-14H,4-7H2,(H,22,25)(H,23,27)(H,24,26). The van der Waals surface area contributed by atoms with Gasteiger partial charge in [-0.25, -0.2) is 0 Å². The van der Waals surface area contributed by atoms with Gasteiger partial charge in [0.15, 0.2) is 0 Å². The zero-order chi connectivity index (χ0) is 18.8. The molecular weight excluding hydrogens is 342 g/mol. The van der Waals surface area contributed by atoms with Crippen LogP contribution >= 0.6 is 0 Å². The highest BCUT2D eigenvalue weighted by Crippen LogP contribution is 2.31. The molecule has 0 unspecified atom stereocenters. The van der Waals surface area contributed by atoms with E-state index in [2.05, 4.69) is 16.0 Å². The third-order valence-electron chi connectivity index (χ3n) is 4.70. The molecule has 0 saturated heterocycles. The smallest absolute Gasteiger partial charge is 0.255 e. The Balaban J connectivity index is 1.36. The molecule has 3 N–H and O–H groups in total. The Morgan fingerprint density at radius 1 is 0.667 bits per heavy atom. The summed E-state index contributed by atoms with van der Waals surface area (Å²) in [6, 6.07) is 13.9. The van der Waals surface area contributed by atoms with Crippen LogP contribution in [0.2, 0.25) is 0 Å². The van der Waals surface area contributed by atoms with Gasteiger partial charge in [0.05, 0.1) is 0 Å². The van der Waals surface area contributed by atoms with Crippen molar-refractivity contribution in [1.29, 1.82) is 0 Å². The third-order valence-corrected chi connectivity index (χ3v) is 4.70. The van der Waals surface area contributed by atoms with E-state index in [1.807, 2.05) is 0 Å². The Kier molecular flexibility index (Phi) is 4.62. The summed E-state index contributed by atoms with van der Waals surface area (Å²) >= 11 is 0. The third kappa shape index (κ3) is 4.53. The van der Waals surface area contributed by atoms with Crippen LogP contribution in [0, 0.1) is 11.8 Å². The molecule has 0 radical (unpaired) electrons. The lowest BCUT2D eigenvalue weighted by Gasteiger charge is -2.09. The quantitative estimate of drug-likeness (QED) is 0.732. The van der Waals surface area contributed by atoms with Crippen LogP contribution in [-0.2, 0) is 9.59 Å². The maximum Gasteiger partial charge on any atom is 0.255 e. The van der Waals surface area contributed by atoms with Crippen molar-refractivity contribution in [3.05, 3.63) is 54.1 Å². The molecule has 27 heavy (non-hydrogen) atoms. The van der Waals surface area contributed by atoms with Crippen LogP contribution in [0.5, 0.6) is 0 Å². The number of rotatable bonds is 6. The highest BCUT2D eigenvalue weighted by atomic mass is 16.2. The minimum absolute atomic E-state index is 0.0105. The van der Waals surface area contributed by atoms with Crippen LogP contribution < -0.4 is 16.0 Å². The molecule has 0 aliphatic heterocycles. The summed E-state index contributed by atoms with van der Waals surface area (Å²) in [6.07, 6.45) is 3.78. The summed E-state index contributed by atoms with van der Waals surface area (Å²) in [5, 5.41) is 8.53. The second-order valence-electron chi connectivity index (χ2n) is 7.14. The van der Waals surface area contributed by atoms with Gasteiger partial charge in [0, 0.05) is 34.5 Å². The van der Waals surface area contributed by atoms with Gasteiger partial charge in [-0.15, -0.1) is 0 Å². The number of nitrogens with one attached hydrogen (secondary N) is 3. The van der Waals surface area contributed by atoms with Crippen molar-refractivity contribution < 1.29 is 14.4 Å². The lowest BCUT2D eigenvalue weighted by atomic mass is 10.1. The van der Waals surface area contributed by atoms with Crippen LogP contribution in [0.25, 0.3) is 0 Å². The van der Waals surface area contributed by atoms with Crippen molar-refractivity contribution in [3.8, 4) is 0 Å². The summed E-state index contributed by atoms with van der Waals surface area (Å²) in [4.78, 5) is 36.1. The minimum Gasteiger partial charge on any atom is -0.326 e. The lowest BCUT2D eigenvalue weighted by molar-refractivity contribution is -0.118. The van der Waals surface area contributed by atoms with E-state index >= 15 is 0 Å². The largest absolute Gasteiger partial charge is 0.326 e. The van der Waals surface area contributed by atoms with E-state index in [4.69, 9.17) is 0 Å². The molecule has 2 aliphatic carbocycles. The van der Waals surface area contributed by atoms with Gasteiger partial charge in [-0.2, -0.15) is 0 Å². The average molecular weight is 363 g/mol. The van der Waals surface area contributed by atoms with Gasteiger partial charge in [0.1, 0.15) is 0 Å². The van der Waals surface area contributed by atoms with Crippen molar-refractivity contribution in [2.24, 2.45) is 11.8 Å². The maximum atomic E-state index is 12.5. The fourth-order valence-electron chi connectivity index (χ4n) is 2.76. The minimum atomic E-state index is -0.257. The lowest BCUT2D eigenvalue weighted by Crippen LogP contribution is -2.15. The predicted molar refractivity (Wildman–Crippen MR) is 104 cm³/mol. The summed E-state index contributed by atoms with van der Waals surface area (Å²) in [5.74, 6) is 0.0685. The SMILES string of the molecule is O=C(Nc1ccc(NC(=O)C2CC2)cc1)c1cccc(NC(=O)C2CC2)c1. The predicted octanol–water partition coefficient (Wildman–Crippen LogP) is 3.64. The fraction of sp³-hybridized carbons (Fsp3) is 0.286. The van der Waals surface area contributed by atoms with Crippen molar-refractivity contribution in [2.75, 3.05) is 16.0 Å². The Labute approximate surface area is 157 Å². The van der Waals surface area contributed by atoms with Gasteiger partial charge < -0.3 is 16.0 Å². The van der Waals surface area contributed by atoms with Gasteiger partial charge in [-0.3, -0.25) is 14.4 Å². The molecule has 6 nitrogen and oxygen atoms in total. The molecule has 0 heterocycles. The van der Waals surface area contributed by atoms with E-state index in [0.717, 1.165) is 31.4 Å². The van der Waals surface area contributed by atoms with Crippen LogP contribution in [0.3, 0.4) is 0 Å². The van der Waals surface area contributed by atoms with Crippen LogP contribution in [0.1, 0.15) is 36.0 Å². The molecule has 0 aromatic heterocycles. The first-order valence-electron chi connectivity index (χ1n) is 9.22. The summed E-state index contributed by atoms with van der Waals surface area (Å²) < 4.78 is 0. The Bertz CT molecular complexity index is 884. The first-order valence-corrected chi connectivity index (χ1v) is 9.22. The van der Waals surface area contributed by atoms with E-state index in [-0.39, 0.29) is 29.6 Å². The molecule has 4 rings (SSSR count). The number of hydrogen-bond acceptors (Lipinski definition) is 3. The molecule has 3 amide bonds. The second kappa shape index (κ2) is 7.23. The Morgan fingerprint density at radius 3 is 1.74 bits per heavy atom. The highest BCUT2D eigenvalue weighted by molar-refractivity contribution is 6.05. The molecule has 0 bridgehead atoms. The van der Waals surface area contributed by atoms with E-state index in [0.29, 0.717) is 16.9 Å². The number of carbonyl (C=O) groups is 3. The molecule has 2 aromatic rings. The number of benzene rings is 2. The van der Waals surface area contributed by atoms with Crippen LogP contribution in [0.15, 0.2) is 48.5 Å². The zero-order valence-corrected chi connectivity index (χ0v) is 14.8. The Morgan fingerprint density at radius 2 is 1.19 bits per heavy atom. The van der Waals surface area contributed by atoms with Gasteiger partial charge >= 0.3 is 0 Å². The molecule has 2 fully saturated rings. The second-order valence-corrected chi connectivity index (χ2v) is 7.14. The van der Waals surface area contributed by atoms with Crippen molar-refractivity contribution >= 4 is 34.8 Å². The number of amides is 3. The number of carbonyl (C=O) groups excluding carboxylic acids is 3. The van der Waals surface area contributed by atoms with E-state index in [9.17, 15) is 14.4 Å². The summed E-state index contributed by atoms with van der Waals surface area (Å²) in [7, 11) is 0. The molecule has 0 spiro atoms. The summed E-state index contributed by atoms with van der Waals surface area (Å²) in [5.41, 5.74) is 2.44. The molecule has 2 aliphatic rings. The van der Waals surface area contributed by atoms with Crippen molar-refractivity contribution in [2.45, 2.75) is 25.7 Å². The monoisotopic (exact) mass is 363 g/mol. The molecule has 0 atom stereocenters. The molecule has 2 saturated carbocycles. The van der Waals surface area contributed by atoms with Gasteiger partial charge in [0.25, 0.3) is 5.91 Å². The van der Waals surface area contributed by atoms with Crippen LogP contribution in [-0.4, -0.2) is 17.7 Å². The van der Waals surface area contributed by atoms with E-state index in [1.165, 1.54) is 0 Å². The summed E-state index contributed by atoms with van der Waals surface area (Å²) in [6.45, 7) is 0. The molecule has 138 valence electrons. The molecule has 2 aromatic carbocycles.